The first-order valence-corrected chi connectivity index (χ1v) is 7.82. The Balaban J connectivity index is 1.71. The summed E-state index contributed by atoms with van der Waals surface area (Å²) < 4.78 is 37.1. The number of hydrogen-bond donors (Lipinski definition) is 1. The average Bonchev–Trinajstić information content (AvgIpc) is 2.94. The maximum atomic E-state index is 13.6. The lowest BCUT2D eigenvalue weighted by Gasteiger charge is -2.13. The average molecular weight is 359 g/mol. The zero-order valence-electron chi connectivity index (χ0n) is 14.0. The molecule has 0 spiro atoms. The lowest BCUT2D eigenvalue weighted by Crippen LogP contribution is -2.30. The number of amides is 1. The van der Waals surface area contributed by atoms with E-state index < -0.39 is 29.6 Å². The summed E-state index contributed by atoms with van der Waals surface area (Å²) >= 11 is 0. The Bertz CT molecular complexity index is 996. The molecule has 134 valence electrons. The first-order valence-electron chi connectivity index (χ1n) is 7.82. The number of fused-ring (bicyclic) bond motifs is 1. The third-order valence-electron chi connectivity index (χ3n) is 3.87. The van der Waals surface area contributed by atoms with Gasteiger partial charge in [0.15, 0.2) is 6.10 Å². The number of esters is 1. The Morgan fingerprint density at radius 2 is 1.88 bits per heavy atom. The predicted octanol–water partition coefficient (Wildman–Crippen LogP) is 4.20. The molecule has 0 unspecified atom stereocenters. The van der Waals surface area contributed by atoms with E-state index in [9.17, 15) is 18.4 Å². The third-order valence-corrected chi connectivity index (χ3v) is 3.87. The minimum Gasteiger partial charge on any atom is -0.449 e. The molecule has 2 aromatic carbocycles. The first-order chi connectivity index (χ1) is 12.4. The predicted molar refractivity (Wildman–Crippen MR) is 90.8 cm³/mol. The van der Waals surface area contributed by atoms with Gasteiger partial charge >= 0.3 is 5.97 Å². The van der Waals surface area contributed by atoms with Crippen molar-refractivity contribution in [1.29, 1.82) is 0 Å². The van der Waals surface area contributed by atoms with Crippen molar-refractivity contribution in [2.45, 2.75) is 20.0 Å². The second-order valence-electron chi connectivity index (χ2n) is 5.71. The summed E-state index contributed by atoms with van der Waals surface area (Å²) in [5, 5.41) is 3.02. The molecule has 1 aromatic heterocycles. The van der Waals surface area contributed by atoms with Crippen molar-refractivity contribution in [2.75, 3.05) is 5.32 Å². The molecule has 0 bridgehead atoms. The second-order valence-corrected chi connectivity index (χ2v) is 5.71. The molecule has 0 radical (unpaired) electrons. The minimum atomic E-state index is -1.21. The largest absolute Gasteiger partial charge is 0.449 e. The summed E-state index contributed by atoms with van der Waals surface area (Å²) in [6.45, 7) is 3.05. The van der Waals surface area contributed by atoms with Crippen LogP contribution in [0.4, 0.5) is 14.5 Å². The SMILES string of the molecule is Cc1c(C(=O)O[C@@H](C)C(=O)Nc2ccc(F)cc2F)oc2ccccc12. The highest BCUT2D eigenvalue weighted by Crippen LogP contribution is 2.25. The van der Waals surface area contributed by atoms with Gasteiger partial charge in [-0.15, -0.1) is 0 Å². The molecule has 0 aliphatic rings. The van der Waals surface area contributed by atoms with Gasteiger partial charge in [-0.1, -0.05) is 18.2 Å². The van der Waals surface area contributed by atoms with Crippen LogP contribution in [-0.2, 0) is 9.53 Å². The van der Waals surface area contributed by atoms with Gasteiger partial charge in [-0.3, -0.25) is 4.79 Å². The number of halogens is 2. The number of nitrogens with one attached hydrogen (secondary N) is 1. The molecule has 5 nitrogen and oxygen atoms in total. The van der Waals surface area contributed by atoms with E-state index in [2.05, 4.69) is 5.32 Å². The van der Waals surface area contributed by atoms with E-state index in [4.69, 9.17) is 9.15 Å². The Labute approximate surface area is 147 Å². The van der Waals surface area contributed by atoms with Crippen molar-refractivity contribution in [2.24, 2.45) is 0 Å². The standard InChI is InChI=1S/C19H15F2NO4/c1-10-13-5-3-4-6-16(13)26-17(10)19(24)25-11(2)18(23)22-15-8-7-12(20)9-14(15)21/h3-9,11H,1-2H3,(H,22,23)/t11-/m0/s1. The van der Waals surface area contributed by atoms with Gasteiger partial charge in [0, 0.05) is 17.0 Å². The molecule has 3 aromatic rings. The fourth-order valence-corrected chi connectivity index (χ4v) is 2.46. The molecule has 1 N–H and O–H groups in total. The summed E-state index contributed by atoms with van der Waals surface area (Å²) in [5.41, 5.74) is 0.921. The van der Waals surface area contributed by atoms with Crippen molar-refractivity contribution in [3.63, 3.8) is 0 Å². The van der Waals surface area contributed by atoms with E-state index >= 15 is 0 Å². The molecule has 0 aliphatic heterocycles. The van der Waals surface area contributed by atoms with Crippen LogP contribution in [0.2, 0.25) is 0 Å². The minimum absolute atomic E-state index is 0.00110. The summed E-state index contributed by atoms with van der Waals surface area (Å²) in [6.07, 6.45) is -1.21. The van der Waals surface area contributed by atoms with Crippen LogP contribution in [0.1, 0.15) is 23.0 Å². The zero-order chi connectivity index (χ0) is 18.8. The maximum Gasteiger partial charge on any atom is 0.375 e. The Hall–Kier alpha value is -3.22. The number of ether oxygens (including phenoxy) is 1. The van der Waals surface area contributed by atoms with Crippen LogP contribution < -0.4 is 5.32 Å². The highest BCUT2D eigenvalue weighted by molar-refractivity contribution is 5.99. The summed E-state index contributed by atoms with van der Waals surface area (Å²) in [7, 11) is 0. The first kappa shape index (κ1) is 17.6. The van der Waals surface area contributed by atoms with Crippen LogP contribution in [0.15, 0.2) is 46.9 Å². The number of furan rings is 1. The van der Waals surface area contributed by atoms with Gasteiger partial charge in [-0.05, 0) is 32.0 Å². The summed E-state index contributed by atoms with van der Waals surface area (Å²) in [4.78, 5) is 24.4. The molecule has 26 heavy (non-hydrogen) atoms. The van der Waals surface area contributed by atoms with Crippen molar-refractivity contribution >= 4 is 28.5 Å². The molecule has 1 amide bonds. The molecule has 0 saturated heterocycles. The summed E-state index contributed by atoms with van der Waals surface area (Å²) in [6, 6.07) is 9.84. The van der Waals surface area contributed by atoms with Gasteiger partial charge in [-0.2, -0.15) is 0 Å². The Morgan fingerprint density at radius 3 is 2.58 bits per heavy atom. The van der Waals surface area contributed by atoms with Gasteiger partial charge in [0.1, 0.15) is 17.2 Å². The Morgan fingerprint density at radius 1 is 1.15 bits per heavy atom. The van der Waals surface area contributed by atoms with Gasteiger partial charge in [-0.25, -0.2) is 13.6 Å². The van der Waals surface area contributed by atoms with Gasteiger partial charge in [0.2, 0.25) is 5.76 Å². The Kier molecular flexibility index (Phi) is 4.71. The smallest absolute Gasteiger partial charge is 0.375 e. The quantitative estimate of drug-likeness (QED) is 0.709. The lowest BCUT2D eigenvalue weighted by atomic mass is 10.1. The fourth-order valence-electron chi connectivity index (χ4n) is 2.46. The number of rotatable bonds is 4. The van der Waals surface area contributed by atoms with Gasteiger partial charge in [0.05, 0.1) is 5.69 Å². The number of hydrogen-bond acceptors (Lipinski definition) is 4. The maximum absolute atomic E-state index is 13.6. The van der Waals surface area contributed by atoms with E-state index in [1.807, 2.05) is 6.07 Å². The van der Waals surface area contributed by atoms with Crippen LogP contribution in [0.3, 0.4) is 0 Å². The van der Waals surface area contributed by atoms with Crippen LogP contribution in [0.25, 0.3) is 11.0 Å². The van der Waals surface area contributed by atoms with Crippen molar-refractivity contribution in [3.05, 3.63) is 65.4 Å². The number of carbonyl (C=O) groups is 2. The van der Waals surface area contributed by atoms with Crippen LogP contribution in [0, 0.1) is 18.6 Å². The molecule has 0 saturated carbocycles. The van der Waals surface area contributed by atoms with Crippen LogP contribution >= 0.6 is 0 Å². The highest BCUT2D eigenvalue weighted by Gasteiger charge is 2.24. The molecule has 3 rings (SSSR count). The molecular formula is C19H15F2NO4. The van der Waals surface area contributed by atoms with Gasteiger partial charge in [0.25, 0.3) is 5.91 Å². The monoisotopic (exact) mass is 359 g/mol. The zero-order valence-corrected chi connectivity index (χ0v) is 14.0. The second kappa shape index (κ2) is 6.95. The molecule has 1 heterocycles. The number of benzene rings is 2. The van der Waals surface area contributed by atoms with E-state index in [0.29, 0.717) is 17.2 Å². The van der Waals surface area contributed by atoms with E-state index in [1.165, 1.54) is 6.92 Å². The van der Waals surface area contributed by atoms with Crippen molar-refractivity contribution in [1.82, 2.24) is 0 Å². The van der Waals surface area contributed by atoms with Gasteiger partial charge < -0.3 is 14.5 Å². The van der Waals surface area contributed by atoms with Crippen LogP contribution in [0.5, 0.6) is 0 Å². The third kappa shape index (κ3) is 3.42. The van der Waals surface area contributed by atoms with E-state index in [0.717, 1.165) is 17.5 Å². The number of carbonyl (C=O) groups excluding carboxylic acids is 2. The highest BCUT2D eigenvalue weighted by atomic mass is 19.1. The number of anilines is 1. The summed E-state index contributed by atoms with van der Waals surface area (Å²) in [5.74, 6) is -3.25. The van der Waals surface area contributed by atoms with E-state index in [1.54, 1.807) is 25.1 Å². The van der Waals surface area contributed by atoms with Crippen molar-refractivity contribution < 1.29 is 27.5 Å². The molecule has 0 aliphatic carbocycles. The molecule has 7 heteroatoms. The molecule has 0 fully saturated rings. The molecule has 1 atom stereocenters. The van der Waals surface area contributed by atoms with Crippen LogP contribution in [-0.4, -0.2) is 18.0 Å². The fraction of sp³-hybridized carbons (Fsp3) is 0.158. The lowest BCUT2D eigenvalue weighted by molar-refractivity contribution is -0.123. The normalized spacial score (nSPS) is 12.0. The van der Waals surface area contributed by atoms with Crippen molar-refractivity contribution in [3.8, 4) is 0 Å². The van der Waals surface area contributed by atoms with E-state index in [-0.39, 0.29) is 11.4 Å². The topological polar surface area (TPSA) is 68.5 Å². The molecular weight excluding hydrogens is 344 g/mol. The number of para-hydroxylation sites is 1. The number of aryl methyl sites for hydroxylation is 1.